The normalized spacial score (nSPS) is 13.2. The van der Waals surface area contributed by atoms with E-state index in [2.05, 4.69) is 37.5 Å². The molecule has 0 bridgehead atoms. The molecule has 0 aromatic carbocycles. The van der Waals surface area contributed by atoms with E-state index in [9.17, 15) is 0 Å². The van der Waals surface area contributed by atoms with Crippen molar-refractivity contribution in [1.29, 1.82) is 5.41 Å². The second-order valence-electron chi connectivity index (χ2n) is 4.80. The molecule has 0 saturated heterocycles. The fraction of sp³-hybridized carbons (Fsp3) is 0.929. The van der Waals surface area contributed by atoms with Crippen LogP contribution in [0.15, 0.2) is 0 Å². The van der Waals surface area contributed by atoms with Gasteiger partial charge in [0.25, 0.3) is 0 Å². The van der Waals surface area contributed by atoms with Crippen molar-refractivity contribution < 1.29 is 0 Å². The van der Waals surface area contributed by atoms with Gasteiger partial charge in [0.05, 0.1) is 5.84 Å². The van der Waals surface area contributed by atoms with Gasteiger partial charge in [0.1, 0.15) is 0 Å². The smallest absolute Gasteiger partial charge is 0.0921 e. The lowest BCUT2D eigenvalue weighted by Crippen LogP contribution is -2.39. The van der Waals surface area contributed by atoms with Crippen molar-refractivity contribution >= 4 is 5.84 Å². The highest BCUT2D eigenvalue weighted by atomic mass is 15.2. The van der Waals surface area contributed by atoms with Crippen molar-refractivity contribution in [1.82, 2.24) is 9.80 Å². The standard InChI is InChI=1S/C14H32N4/c1-5-13(12-14(15)16)18(8-4)11-9-10-17(6-2)7-3/h13H,5-12H2,1-4H3,(H3,15,16). The molecule has 4 nitrogen and oxygen atoms in total. The van der Waals surface area contributed by atoms with E-state index in [1.807, 2.05) is 0 Å². The first kappa shape index (κ1) is 17.4. The summed E-state index contributed by atoms with van der Waals surface area (Å²) in [5, 5.41) is 7.44. The fourth-order valence-corrected chi connectivity index (χ4v) is 2.42. The molecule has 0 radical (unpaired) electrons. The number of rotatable bonds is 11. The molecule has 4 heteroatoms. The van der Waals surface area contributed by atoms with Crippen molar-refractivity contribution in [3.05, 3.63) is 0 Å². The van der Waals surface area contributed by atoms with Crippen molar-refractivity contribution in [3.8, 4) is 0 Å². The number of hydrogen-bond acceptors (Lipinski definition) is 3. The number of hydrogen-bond donors (Lipinski definition) is 2. The van der Waals surface area contributed by atoms with Crippen LogP contribution < -0.4 is 5.73 Å². The van der Waals surface area contributed by atoms with Crippen LogP contribution in [-0.4, -0.2) is 54.4 Å². The Morgan fingerprint density at radius 2 is 1.67 bits per heavy atom. The highest BCUT2D eigenvalue weighted by Crippen LogP contribution is 2.09. The lowest BCUT2D eigenvalue weighted by Gasteiger charge is -2.30. The average molecular weight is 256 g/mol. The van der Waals surface area contributed by atoms with E-state index in [1.165, 1.54) is 13.0 Å². The van der Waals surface area contributed by atoms with Crippen LogP contribution in [0, 0.1) is 5.41 Å². The quantitative estimate of drug-likeness (QED) is 0.440. The lowest BCUT2D eigenvalue weighted by atomic mass is 10.1. The third-order valence-corrected chi connectivity index (χ3v) is 3.66. The van der Waals surface area contributed by atoms with Crippen LogP contribution in [0.25, 0.3) is 0 Å². The Morgan fingerprint density at radius 1 is 1.06 bits per heavy atom. The van der Waals surface area contributed by atoms with E-state index in [4.69, 9.17) is 11.1 Å². The molecule has 0 amide bonds. The molecule has 0 aliphatic rings. The second kappa shape index (κ2) is 10.3. The Balaban J connectivity index is 4.11. The summed E-state index contributed by atoms with van der Waals surface area (Å²) >= 11 is 0. The summed E-state index contributed by atoms with van der Waals surface area (Å²) in [6, 6.07) is 0.434. The average Bonchev–Trinajstić information content (AvgIpc) is 2.36. The van der Waals surface area contributed by atoms with Crippen LogP contribution >= 0.6 is 0 Å². The van der Waals surface area contributed by atoms with E-state index in [0.717, 1.165) is 32.6 Å². The molecule has 0 spiro atoms. The molecule has 0 aromatic rings. The van der Waals surface area contributed by atoms with Gasteiger partial charge in [0, 0.05) is 12.5 Å². The van der Waals surface area contributed by atoms with Crippen LogP contribution in [-0.2, 0) is 0 Å². The van der Waals surface area contributed by atoms with Crippen molar-refractivity contribution in [2.45, 2.75) is 53.0 Å². The van der Waals surface area contributed by atoms with Crippen molar-refractivity contribution in [2.24, 2.45) is 5.73 Å². The zero-order valence-electron chi connectivity index (χ0n) is 12.7. The van der Waals surface area contributed by atoms with Gasteiger partial charge in [-0.25, -0.2) is 0 Å². The molecule has 0 saturated carbocycles. The van der Waals surface area contributed by atoms with E-state index < -0.39 is 0 Å². The molecular formula is C14H32N4. The number of nitrogens with zero attached hydrogens (tertiary/aromatic N) is 2. The van der Waals surface area contributed by atoms with Gasteiger partial charge in [-0.1, -0.05) is 27.7 Å². The van der Waals surface area contributed by atoms with Crippen molar-refractivity contribution in [2.75, 3.05) is 32.7 Å². The van der Waals surface area contributed by atoms with Crippen LogP contribution in [0.3, 0.4) is 0 Å². The lowest BCUT2D eigenvalue weighted by molar-refractivity contribution is 0.187. The predicted octanol–water partition coefficient (Wildman–Crippen LogP) is 2.14. The minimum Gasteiger partial charge on any atom is -0.388 e. The van der Waals surface area contributed by atoms with Gasteiger partial charge in [-0.15, -0.1) is 0 Å². The van der Waals surface area contributed by atoms with Crippen molar-refractivity contribution in [3.63, 3.8) is 0 Å². The molecule has 0 aromatic heterocycles. The third kappa shape index (κ3) is 6.97. The minimum absolute atomic E-state index is 0.309. The molecule has 0 heterocycles. The van der Waals surface area contributed by atoms with Crippen LogP contribution in [0.4, 0.5) is 0 Å². The fourth-order valence-electron chi connectivity index (χ4n) is 2.42. The Kier molecular flexibility index (Phi) is 9.98. The molecule has 1 unspecified atom stereocenters. The maximum Gasteiger partial charge on any atom is 0.0921 e. The van der Waals surface area contributed by atoms with Gasteiger partial charge in [-0.2, -0.15) is 0 Å². The maximum atomic E-state index is 7.44. The van der Waals surface area contributed by atoms with Gasteiger partial charge >= 0.3 is 0 Å². The van der Waals surface area contributed by atoms with Gasteiger partial charge in [0.15, 0.2) is 0 Å². The van der Waals surface area contributed by atoms with Crippen LogP contribution in [0.5, 0.6) is 0 Å². The summed E-state index contributed by atoms with van der Waals surface area (Å²) in [5.74, 6) is 0.309. The summed E-state index contributed by atoms with van der Waals surface area (Å²) in [6.07, 6.45) is 2.97. The Labute approximate surface area is 113 Å². The molecule has 0 fully saturated rings. The van der Waals surface area contributed by atoms with E-state index in [1.54, 1.807) is 0 Å². The molecule has 0 rings (SSSR count). The summed E-state index contributed by atoms with van der Waals surface area (Å²) in [6.45, 7) is 14.4. The van der Waals surface area contributed by atoms with Crippen LogP contribution in [0.1, 0.15) is 47.0 Å². The zero-order valence-corrected chi connectivity index (χ0v) is 12.7. The predicted molar refractivity (Wildman–Crippen MR) is 80.3 cm³/mol. The highest BCUT2D eigenvalue weighted by molar-refractivity contribution is 5.77. The largest absolute Gasteiger partial charge is 0.388 e. The van der Waals surface area contributed by atoms with Gasteiger partial charge < -0.3 is 15.5 Å². The summed E-state index contributed by atoms with van der Waals surface area (Å²) < 4.78 is 0. The summed E-state index contributed by atoms with van der Waals surface area (Å²) in [5.41, 5.74) is 5.53. The first-order chi connectivity index (χ1) is 8.58. The van der Waals surface area contributed by atoms with Gasteiger partial charge in [-0.05, 0) is 45.6 Å². The van der Waals surface area contributed by atoms with Gasteiger partial charge in [0.2, 0.25) is 0 Å². The van der Waals surface area contributed by atoms with Crippen LogP contribution in [0.2, 0.25) is 0 Å². The topological polar surface area (TPSA) is 56.4 Å². The molecule has 1 atom stereocenters. The van der Waals surface area contributed by atoms with E-state index in [-0.39, 0.29) is 0 Å². The number of nitrogens with one attached hydrogen (secondary N) is 1. The van der Waals surface area contributed by atoms with E-state index >= 15 is 0 Å². The Morgan fingerprint density at radius 3 is 2.06 bits per heavy atom. The third-order valence-electron chi connectivity index (χ3n) is 3.66. The minimum atomic E-state index is 0.309. The number of nitrogens with two attached hydrogens (primary N) is 1. The Bertz CT molecular complexity index is 214. The SMILES string of the molecule is CCC(CC(=N)N)N(CC)CCCN(CC)CC. The summed E-state index contributed by atoms with van der Waals surface area (Å²) in [4.78, 5) is 4.92. The van der Waals surface area contributed by atoms with Gasteiger partial charge in [-0.3, -0.25) is 5.41 Å². The second-order valence-corrected chi connectivity index (χ2v) is 4.80. The molecule has 0 aliphatic heterocycles. The van der Waals surface area contributed by atoms with E-state index in [0.29, 0.717) is 18.3 Å². The highest BCUT2D eigenvalue weighted by Gasteiger charge is 2.15. The molecule has 3 N–H and O–H groups in total. The Hall–Kier alpha value is -0.610. The zero-order chi connectivity index (χ0) is 14.0. The molecular weight excluding hydrogens is 224 g/mol. The molecule has 108 valence electrons. The first-order valence-corrected chi connectivity index (χ1v) is 7.38. The molecule has 0 aliphatic carbocycles. The number of amidine groups is 1. The summed E-state index contributed by atoms with van der Waals surface area (Å²) in [7, 11) is 0. The first-order valence-electron chi connectivity index (χ1n) is 7.38. The monoisotopic (exact) mass is 256 g/mol. The maximum absolute atomic E-state index is 7.44. The molecule has 18 heavy (non-hydrogen) atoms.